The van der Waals surface area contributed by atoms with Crippen molar-refractivity contribution in [3.05, 3.63) is 66.7 Å². The minimum atomic E-state index is -0.376. The molecule has 1 amide bonds. The van der Waals surface area contributed by atoms with Gasteiger partial charge in [0.25, 0.3) is 0 Å². The highest BCUT2D eigenvalue weighted by molar-refractivity contribution is 8.00. The maximum atomic E-state index is 13.0. The van der Waals surface area contributed by atoms with Crippen LogP contribution in [0.15, 0.2) is 66.1 Å². The molecule has 1 unspecified atom stereocenters. The molecule has 0 aliphatic heterocycles. The summed E-state index contributed by atoms with van der Waals surface area (Å²) < 4.78 is 20.0. The zero-order valence-electron chi connectivity index (χ0n) is 14.3. The van der Waals surface area contributed by atoms with Crippen LogP contribution in [0.4, 0.5) is 10.1 Å². The molecule has 2 aromatic carbocycles. The molecule has 0 aliphatic carbocycles. The first kappa shape index (κ1) is 18.0. The molecular weight excluding hydrogens is 353 g/mol. The van der Waals surface area contributed by atoms with Gasteiger partial charge in [-0.1, -0.05) is 11.8 Å². The molecule has 0 saturated heterocycles. The Morgan fingerprint density at radius 1 is 1.19 bits per heavy atom. The number of imidazole rings is 1. The Hall–Kier alpha value is -2.80. The number of carbonyl (C=O) groups is 1. The van der Waals surface area contributed by atoms with Crippen molar-refractivity contribution in [3.8, 4) is 11.4 Å². The van der Waals surface area contributed by atoms with E-state index in [0.29, 0.717) is 10.8 Å². The van der Waals surface area contributed by atoms with Crippen LogP contribution >= 0.6 is 11.8 Å². The van der Waals surface area contributed by atoms with Crippen LogP contribution in [-0.4, -0.2) is 27.8 Å². The number of benzene rings is 2. The Labute approximate surface area is 155 Å². The third kappa shape index (κ3) is 4.23. The highest BCUT2D eigenvalue weighted by atomic mass is 32.2. The lowest BCUT2D eigenvalue weighted by atomic mass is 10.3. The molecule has 134 valence electrons. The van der Waals surface area contributed by atoms with Crippen molar-refractivity contribution in [2.24, 2.45) is 0 Å². The molecule has 7 heteroatoms. The third-order valence-corrected chi connectivity index (χ3v) is 4.80. The maximum absolute atomic E-state index is 13.0. The zero-order valence-corrected chi connectivity index (χ0v) is 15.2. The van der Waals surface area contributed by atoms with E-state index in [0.717, 1.165) is 11.4 Å². The van der Waals surface area contributed by atoms with Gasteiger partial charge in [0.2, 0.25) is 5.91 Å². The maximum Gasteiger partial charge on any atom is 0.237 e. The van der Waals surface area contributed by atoms with Gasteiger partial charge in [-0.15, -0.1) is 0 Å². The van der Waals surface area contributed by atoms with Crippen molar-refractivity contribution < 1.29 is 13.9 Å². The van der Waals surface area contributed by atoms with Crippen molar-refractivity contribution in [1.29, 1.82) is 0 Å². The topological polar surface area (TPSA) is 56.2 Å². The number of nitrogens with zero attached hydrogens (tertiary/aromatic N) is 2. The zero-order chi connectivity index (χ0) is 18.5. The molecule has 0 bridgehead atoms. The minimum absolute atomic E-state index is 0.175. The van der Waals surface area contributed by atoms with Crippen LogP contribution in [0.5, 0.6) is 5.75 Å². The van der Waals surface area contributed by atoms with Crippen molar-refractivity contribution in [3.63, 3.8) is 0 Å². The molecule has 0 radical (unpaired) electrons. The van der Waals surface area contributed by atoms with Crippen molar-refractivity contribution in [2.45, 2.75) is 17.3 Å². The van der Waals surface area contributed by atoms with E-state index in [-0.39, 0.29) is 17.0 Å². The molecule has 26 heavy (non-hydrogen) atoms. The van der Waals surface area contributed by atoms with Crippen molar-refractivity contribution >= 4 is 23.4 Å². The van der Waals surface area contributed by atoms with E-state index in [1.54, 1.807) is 20.2 Å². The number of rotatable bonds is 6. The number of nitrogens with one attached hydrogen (secondary N) is 1. The molecule has 3 aromatic rings. The highest BCUT2D eigenvalue weighted by Gasteiger charge is 2.18. The molecule has 0 fully saturated rings. The van der Waals surface area contributed by atoms with Gasteiger partial charge in [0, 0.05) is 23.8 Å². The third-order valence-electron chi connectivity index (χ3n) is 3.72. The Kier molecular flexibility index (Phi) is 5.58. The Bertz CT molecular complexity index is 879. The second-order valence-corrected chi connectivity index (χ2v) is 6.84. The summed E-state index contributed by atoms with van der Waals surface area (Å²) in [5.74, 6) is 0.257. The summed E-state index contributed by atoms with van der Waals surface area (Å²) in [6.07, 6.45) is 3.53. The number of thioether (sulfide) groups is 1. The van der Waals surface area contributed by atoms with E-state index in [1.165, 1.54) is 36.0 Å². The second-order valence-electron chi connectivity index (χ2n) is 5.53. The first-order valence-corrected chi connectivity index (χ1v) is 8.85. The molecule has 0 spiro atoms. The lowest BCUT2D eigenvalue weighted by Crippen LogP contribution is -2.22. The Morgan fingerprint density at radius 2 is 1.88 bits per heavy atom. The standard InChI is InChI=1S/C19H18FN3O2S/c1-13(18(24)22-15-5-3-14(20)4-6-15)26-19-21-11-12-23(19)16-7-9-17(25-2)10-8-16/h3-13H,1-2H3,(H,22,24). The number of halogens is 1. The molecule has 5 nitrogen and oxygen atoms in total. The van der Waals surface area contributed by atoms with E-state index in [1.807, 2.05) is 35.0 Å². The summed E-state index contributed by atoms with van der Waals surface area (Å²) in [6, 6.07) is 13.3. The molecule has 0 aliphatic rings. The van der Waals surface area contributed by atoms with E-state index in [9.17, 15) is 9.18 Å². The van der Waals surface area contributed by atoms with Crippen molar-refractivity contribution in [2.75, 3.05) is 12.4 Å². The van der Waals surface area contributed by atoms with Gasteiger partial charge in [0.1, 0.15) is 11.6 Å². The number of ether oxygens (including phenoxy) is 1. The number of anilines is 1. The van der Waals surface area contributed by atoms with Crippen LogP contribution < -0.4 is 10.1 Å². The fourth-order valence-corrected chi connectivity index (χ4v) is 3.19. The molecule has 1 heterocycles. The van der Waals surface area contributed by atoms with Gasteiger partial charge in [-0.05, 0) is 55.5 Å². The highest BCUT2D eigenvalue weighted by Crippen LogP contribution is 2.26. The molecule has 3 rings (SSSR count). The largest absolute Gasteiger partial charge is 0.497 e. The predicted octanol–water partition coefficient (Wildman–Crippen LogP) is 4.14. The van der Waals surface area contributed by atoms with Crippen LogP contribution in [0.2, 0.25) is 0 Å². The normalized spacial score (nSPS) is 11.8. The SMILES string of the molecule is COc1ccc(-n2ccnc2SC(C)C(=O)Nc2ccc(F)cc2)cc1. The van der Waals surface area contributed by atoms with Crippen LogP contribution in [0.25, 0.3) is 5.69 Å². The van der Waals surface area contributed by atoms with Gasteiger partial charge >= 0.3 is 0 Å². The summed E-state index contributed by atoms with van der Waals surface area (Å²) in [5, 5.41) is 3.11. The monoisotopic (exact) mass is 371 g/mol. The number of hydrogen-bond donors (Lipinski definition) is 1. The number of carbonyl (C=O) groups excluding carboxylic acids is 1. The lowest BCUT2D eigenvalue weighted by Gasteiger charge is -2.13. The average Bonchev–Trinajstić information content (AvgIpc) is 3.11. The van der Waals surface area contributed by atoms with Crippen LogP contribution in [0.3, 0.4) is 0 Å². The van der Waals surface area contributed by atoms with Crippen LogP contribution in [0, 0.1) is 5.82 Å². The molecular formula is C19H18FN3O2S. The quantitative estimate of drug-likeness (QED) is 0.662. The van der Waals surface area contributed by atoms with Crippen molar-refractivity contribution in [1.82, 2.24) is 9.55 Å². The predicted molar refractivity (Wildman–Crippen MR) is 100 cm³/mol. The lowest BCUT2D eigenvalue weighted by molar-refractivity contribution is -0.115. The molecule has 1 atom stereocenters. The number of aromatic nitrogens is 2. The van der Waals surface area contributed by atoms with Gasteiger partial charge < -0.3 is 10.1 Å². The molecule has 1 aromatic heterocycles. The van der Waals surface area contributed by atoms with E-state index in [4.69, 9.17) is 4.74 Å². The van der Waals surface area contributed by atoms with E-state index >= 15 is 0 Å². The summed E-state index contributed by atoms with van der Waals surface area (Å²) in [7, 11) is 1.62. The van der Waals surface area contributed by atoms with E-state index < -0.39 is 0 Å². The Morgan fingerprint density at radius 3 is 2.54 bits per heavy atom. The number of methoxy groups -OCH3 is 1. The van der Waals surface area contributed by atoms with Crippen LogP contribution in [0.1, 0.15) is 6.92 Å². The second kappa shape index (κ2) is 8.05. The van der Waals surface area contributed by atoms with Crippen LogP contribution in [-0.2, 0) is 4.79 Å². The summed E-state index contributed by atoms with van der Waals surface area (Å²) in [6.45, 7) is 1.80. The van der Waals surface area contributed by atoms with E-state index in [2.05, 4.69) is 10.3 Å². The van der Waals surface area contributed by atoms with Gasteiger partial charge in [0.05, 0.1) is 12.4 Å². The first-order valence-electron chi connectivity index (χ1n) is 7.97. The molecule has 1 N–H and O–H groups in total. The smallest absolute Gasteiger partial charge is 0.237 e. The average molecular weight is 371 g/mol. The van der Waals surface area contributed by atoms with Gasteiger partial charge in [-0.2, -0.15) is 0 Å². The number of amides is 1. The minimum Gasteiger partial charge on any atom is -0.497 e. The van der Waals surface area contributed by atoms with Gasteiger partial charge in [-0.25, -0.2) is 9.37 Å². The summed E-state index contributed by atoms with van der Waals surface area (Å²) in [4.78, 5) is 16.7. The number of hydrogen-bond acceptors (Lipinski definition) is 4. The fraction of sp³-hybridized carbons (Fsp3) is 0.158. The summed E-state index contributed by atoms with van der Waals surface area (Å²) >= 11 is 1.35. The first-order chi connectivity index (χ1) is 12.6. The Balaban J connectivity index is 1.69. The fourth-order valence-electron chi connectivity index (χ4n) is 2.31. The van der Waals surface area contributed by atoms with Gasteiger partial charge in [0.15, 0.2) is 5.16 Å². The van der Waals surface area contributed by atoms with Gasteiger partial charge in [-0.3, -0.25) is 9.36 Å². The molecule has 0 saturated carbocycles. The summed E-state index contributed by atoms with van der Waals surface area (Å²) in [5.41, 5.74) is 1.49.